The Balaban J connectivity index is 1.75. The van der Waals surface area contributed by atoms with Gasteiger partial charge in [-0.05, 0) is 31.4 Å². The van der Waals surface area contributed by atoms with Crippen molar-refractivity contribution in [3.63, 3.8) is 0 Å². The highest BCUT2D eigenvalue weighted by atomic mass is 19.1. The largest absolute Gasteiger partial charge is 0.388 e. The third-order valence-corrected chi connectivity index (χ3v) is 3.99. The van der Waals surface area contributed by atoms with Crippen molar-refractivity contribution in [1.29, 1.82) is 0 Å². The standard InChI is InChI=1S/C14H17F2NO/c15-12-2-1-3-13(16)11(12)8-14(18)6-7-17(9-14)10-4-5-10/h1-3,10,18H,4-9H2. The molecule has 1 unspecified atom stereocenters. The molecule has 0 bridgehead atoms. The van der Waals surface area contributed by atoms with Crippen molar-refractivity contribution in [3.05, 3.63) is 35.4 Å². The minimum atomic E-state index is -0.981. The van der Waals surface area contributed by atoms with Gasteiger partial charge in [-0.25, -0.2) is 8.78 Å². The van der Waals surface area contributed by atoms with E-state index in [1.54, 1.807) is 0 Å². The summed E-state index contributed by atoms with van der Waals surface area (Å²) in [4.78, 5) is 2.23. The average Bonchev–Trinajstić information content (AvgIpc) is 3.09. The lowest BCUT2D eigenvalue weighted by molar-refractivity contribution is 0.0470. The molecule has 1 heterocycles. The summed E-state index contributed by atoms with van der Waals surface area (Å²) in [7, 11) is 0. The first-order valence-corrected chi connectivity index (χ1v) is 6.47. The Morgan fingerprint density at radius 1 is 1.28 bits per heavy atom. The topological polar surface area (TPSA) is 23.5 Å². The molecule has 3 rings (SSSR count). The van der Waals surface area contributed by atoms with Crippen LogP contribution in [0.4, 0.5) is 8.78 Å². The number of halogens is 2. The third-order valence-electron chi connectivity index (χ3n) is 3.99. The van der Waals surface area contributed by atoms with Gasteiger partial charge in [0, 0.05) is 31.1 Å². The molecule has 0 amide bonds. The molecule has 1 aliphatic carbocycles. The van der Waals surface area contributed by atoms with Crippen LogP contribution in [-0.4, -0.2) is 34.7 Å². The highest BCUT2D eigenvalue weighted by Crippen LogP contribution is 2.35. The number of β-amino-alcohol motifs (C(OH)–C–C–N with tert-alkyl or cyclic N) is 1. The average molecular weight is 253 g/mol. The molecule has 0 spiro atoms. The SMILES string of the molecule is OC1(Cc2c(F)cccc2F)CCN(C2CC2)C1. The summed E-state index contributed by atoms with van der Waals surface area (Å²) in [5.74, 6) is -1.12. The van der Waals surface area contributed by atoms with Crippen LogP contribution in [0.5, 0.6) is 0 Å². The lowest BCUT2D eigenvalue weighted by Gasteiger charge is -2.24. The fourth-order valence-corrected chi connectivity index (χ4v) is 2.81. The molecule has 1 saturated heterocycles. The summed E-state index contributed by atoms with van der Waals surface area (Å²) in [6.07, 6.45) is 3.03. The smallest absolute Gasteiger partial charge is 0.129 e. The van der Waals surface area contributed by atoms with Crippen molar-refractivity contribution in [2.45, 2.75) is 37.3 Å². The fraction of sp³-hybridized carbons (Fsp3) is 0.571. The second kappa shape index (κ2) is 4.28. The van der Waals surface area contributed by atoms with Crippen LogP contribution in [0, 0.1) is 11.6 Å². The Labute approximate surface area is 105 Å². The summed E-state index contributed by atoms with van der Waals surface area (Å²) in [5, 5.41) is 10.5. The maximum atomic E-state index is 13.6. The van der Waals surface area contributed by atoms with E-state index in [0.717, 1.165) is 6.54 Å². The number of aliphatic hydroxyl groups is 1. The summed E-state index contributed by atoms with van der Waals surface area (Å²) in [6.45, 7) is 1.36. The van der Waals surface area contributed by atoms with Crippen molar-refractivity contribution < 1.29 is 13.9 Å². The van der Waals surface area contributed by atoms with E-state index in [0.29, 0.717) is 19.0 Å². The molecule has 2 aliphatic rings. The van der Waals surface area contributed by atoms with Gasteiger partial charge in [-0.15, -0.1) is 0 Å². The molecule has 1 N–H and O–H groups in total. The zero-order chi connectivity index (χ0) is 12.8. The van der Waals surface area contributed by atoms with E-state index >= 15 is 0 Å². The molecular formula is C14H17F2NO. The van der Waals surface area contributed by atoms with Gasteiger partial charge in [-0.3, -0.25) is 4.90 Å². The minimum absolute atomic E-state index is 0.0117. The van der Waals surface area contributed by atoms with Crippen LogP contribution in [0.25, 0.3) is 0 Å². The molecule has 1 aromatic carbocycles. The van der Waals surface area contributed by atoms with E-state index in [2.05, 4.69) is 4.90 Å². The third kappa shape index (κ3) is 2.27. The molecule has 98 valence electrons. The number of benzene rings is 1. The van der Waals surface area contributed by atoms with Crippen LogP contribution in [0.2, 0.25) is 0 Å². The predicted octanol–water partition coefficient (Wildman–Crippen LogP) is 2.11. The summed E-state index contributed by atoms with van der Waals surface area (Å²) < 4.78 is 27.2. The monoisotopic (exact) mass is 253 g/mol. The van der Waals surface area contributed by atoms with Gasteiger partial charge < -0.3 is 5.11 Å². The van der Waals surface area contributed by atoms with Gasteiger partial charge in [0.15, 0.2) is 0 Å². The Bertz CT molecular complexity index is 441. The molecule has 4 heteroatoms. The van der Waals surface area contributed by atoms with Crippen LogP contribution in [0.15, 0.2) is 18.2 Å². The fourth-order valence-electron chi connectivity index (χ4n) is 2.81. The maximum absolute atomic E-state index is 13.6. The van der Waals surface area contributed by atoms with Crippen LogP contribution in [0.1, 0.15) is 24.8 Å². The lowest BCUT2D eigenvalue weighted by atomic mass is 9.93. The second-order valence-corrected chi connectivity index (χ2v) is 5.55. The molecular weight excluding hydrogens is 236 g/mol. The summed E-state index contributed by atoms with van der Waals surface area (Å²) in [5.41, 5.74) is -0.969. The molecule has 0 radical (unpaired) electrons. The van der Waals surface area contributed by atoms with Gasteiger partial charge in [-0.1, -0.05) is 6.07 Å². The quantitative estimate of drug-likeness (QED) is 0.891. The Morgan fingerprint density at radius 2 is 1.94 bits per heavy atom. The van der Waals surface area contributed by atoms with Crippen LogP contribution >= 0.6 is 0 Å². The van der Waals surface area contributed by atoms with E-state index < -0.39 is 17.2 Å². The van der Waals surface area contributed by atoms with Crippen molar-refractivity contribution in [2.75, 3.05) is 13.1 Å². The van der Waals surface area contributed by atoms with E-state index in [1.165, 1.54) is 31.0 Å². The molecule has 2 fully saturated rings. The maximum Gasteiger partial charge on any atom is 0.129 e. The lowest BCUT2D eigenvalue weighted by Crippen LogP contribution is -2.36. The van der Waals surface area contributed by atoms with E-state index in [-0.39, 0.29) is 12.0 Å². The Hall–Kier alpha value is -1.00. The van der Waals surface area contributed by atoms with Crippen molar-refractivity contribution in [2.24, 2.45) is 0 Å². The van der Waals surface area contributed by atoms with Gasteiger partial charge in [0.1, 0.15) is 11.6 Å². The van der Waals surface area contributed by atoms with Crippen LogP contribution in [0.3, 0.4) is 0 Å². The molecule has 1 atom stereocenters. The first kappa shape index (κ1) is 12.1. The number of likely N-dealkylation sites (tertiary alicyclic amines) is 1. The zero-order valence-electron chi connectivity index (χ0n) is 10.2. The molecule has 0 aromatic heterocycles. The first-order valence-electron chi connectivity index (χ1n) is 6.47. The highest BCUT2D eigenvalue weighted by molar-refractivity contribution is 5.22. The summed E-state index contributed by atoms with van der Waals surface area (Å²) in [6, 6.07) is 4.43. The number of rotatable bonds is 3. The van der Waals surface area contributed by atoms with Gasteiger partial charge in [0.2, 0.25) is 0 Å². The number of nitrogens with zero attached hydrogens (tertiary/aromatic N) is 1. The minimum Gasteiger partial charge on any atom is -0.388 e. The molecule has 2 nitrogen and oxygen atoms in total. The van der Waals surface area contributed by atoms with Crippen LogP contribution < -0.4 is 0 Å². The van der Waals surface area contributed by atoms with Crippen molar-refractivity contribution >= 4 is 0 Å². The zero-order valence-corrected chi connectivity index (χ0v) is 10.2. The van der Waals surface area contributed by atoms with E-state index in [9.17, 15) is 13.9 Å². The highest BCUT2D eigenvalue weighted by Gasteiger charge is 2.42. The van der Waals surface area contributed by atoms with Gasteiger partial charge in [-0.2, -0.15) is 0 Å². The van der Waals surface area contributed by atoms with Gasteiger partial charge >= 0.3 is 0 Å². The van der Waals surface area contributed by atoms with Crippen LogP contribution in [-0.2, 0) is 6.42 Å². The van der Waals surface area contributed by atoms with Gasteiger partial charge in [0.05, 0.1) is 5.60 Å². The Kier molecular flexibility index (Phi) is 2.87. The first-order chi connectivity index (χ1) is 8.57. The number of hydrogen-bond acceptors (Lipinski definition) is 2. The molecule has 1 aromatic rings. The van der Waals surface area contributed by atoms with E-state index in [1.807, 2.05) is 0 Å². The molecule has 18 heavy (non-hydrogen) atoms. The van der Waals surface area contributed by atoms with Crippen molar-refractivity contribution in [1.82, 2.24) is 4.90 Å². The molecule has 1 aliphatic heterocycles. The van der Waals surface area contributed by atoms with E-state index in [4.69, 9.17) is 0 Å². The van der Waals surface area contributed by atoms with Crippen molar-refractivity contribution in [3.8, 4) is 0 Å². The second-order valence-electron chi connectivity index (χ2n) is 5.55. The predicted molar refractivity (Wildman–Crippen MR) is 64.2 cm³/mol. The Morgan fingerprint density at radius 3 is 2.56 bits per heavy atom. The van der Waals surface area contributed by atoms with Gasteiger partial charge in [0.25, 0.3) is 0 Å². The molecule has 1 saturated carbocycles. The summed E-state index contributed by atoms with van der Waals surface area (Å²) >= 11 is 0. The number of hydrogen-bond donors (Lipinski definition) is 1. The normalized spacial score (nSPS) is 28.8.